The normalized spacial score (nSPS) is 11.5. The minimum absolute atomic E-state index is 0.119. The van der Waals surface area contributed by atoms with Gasteiger partial charge >= 0.3 is 0 Å². The Morgan fingerprint density at radius 3 is 2.21 bits per heavy atom. The summed E-state index contributed by atoms with van der Waals surface area (Å²) in [5.74, 6) is -0.593. The average Bonchev–Trinajstić information content (AvgIpc) is 2.60. The summed E-state index contributed by atoms with van der Waals surface area (Å²) in [6.45, 7) is 0. The molecule has 0 saturated heterocycles. The van der Waals surface area contributed by atoms with Crippen LogP contribution in [0.3, 0.4) is 0 Å². The van der Waals surface area contributed by atoms with Gasteiger partial charge in [0.1, 0.15) is 5.75 Å². The van der Waals surface area contributed by atoms with E-state index in [0.29, 0.717) is 0 Å². The third-order valence-electron chi connectivity index (χ3n) is 3.67. The summed E-state index contributed by atoms with van der Waals surface area (Å²) in [5.41, 5.74) is 1.88. The fourth-order valence-electron chi connectivity index (χ4n) is 2.43. The van der Waals surface area contributed by atoms with Crippen molar-refractivity contribution in [3.8, 4) is 5.75 Å². The molecule has 1 atom stereocenters. The molecule has 0 heterocycles. The number of carboxylic acid groups (broad SMARTS) is 1. The van der Waals surface area contributed by atoms with Gasteiger partial charge in [0.15, 0.2) is 0 Å². The first-order valence-corrected chi connectivity index (χ1v) is 7.78. The van der Waals surface area contributed by atoms with Crippen molar-refractivity contribution in [1.82, 2.24) is 5.32 Å². The van der Waals surface area contributed by atoms with Gasteiger partial charge in [-0.15, -0.1) is 0 Å². The van der Waals surface area contributed by atoms with E-state index in [1.54, 1.807) is 7.11 Å². The van der Waals surface area contributed by atoms with Crippen molar-refractivity contribution in [2.45, 2.75) is 25.3 Å². The van der Waals surface area contributed by atoms with Gasteiger partial charge in [-0.3, -0.25) is 4.79 Å². The SMILES string of the molecule is COc1ccc([C@@H](NC(=O)CCCC(=O)[O-])c2ccccc2)cc1. The maximum atomic E-state index is 12.2. The fourth-order valence-corrected chi connectivity index (χ4v) is 2.43. The fraction of sp³-hybridized carbons (Fsp3) is 0.263. The van der Waals surface area contributed by atoms with Gasteiger partial charge in [-0.05, 0) is 36.1 Å². The Bertz CT molecular complexity index is 668. The van der Waals surface area contributed by atoms with Crippen molar-refractivity contribution < 1.29 is 19.4 Å². The maximum Gasteiger partial charge on any atom is 0.220 e. The number of methoxy groups -OCH3 is 1. The lowest BCUT2D eigenvalue weighted by Gasteiger charge is -2.20. The first kappa shape index (κ1) is 17.5. The molecule has 0 saturated carbocycles. The molecule has 2 rings (SSSR count). The van der Waals surface area contributed by atoms with Gasteiger partial charge < -0.3 is 20.0 Å². The summed E-state index contributed by atoms with van der Waals surface area (Å²) in [7, 11) is 1.60. The van der Waals surface area contributed by atoms with Crippen LogP contribution in [0.4, 0.5) is 0 Å². The van der Waals surface area contributed by atoms with Crippen molar-refractivity contribution in [1.29, 1.82) is 0 Å². The van der Waals surface area contributed by atoms with Gasteiger partial charge in [0.05, 0.1) is 13.2 Å². The number of aliphatic carboxylic acids is 1. The lowest BCUT2D eigenvalue weighted by molar-refractivity contribution is -0.305. The van der Waals surface area contributed by atoms with Crippen LogP contribution in [0, 0.1) is 0 Å². The average molecular weight is 326 g/mol. The zero-order chi connectivity index (χ0) is 17.4. The molecule has 0 aliphatic carbocycles. The van der Waals surface area contributed by atoms with Crippen molar-refractivity contribution in [3.63, 3.8) is 0 Å². The summed E-state index contributed by atoms with van der Waals surface area (Å²) in [6, 6.07) is 16.8. The minimum Gasteiger partial charge on any atom is -0.550 e. The molecule has 5 nitrogen and oxygen atoms in total. The highest BCUT2D eigenvalue weighted by molar-refractivity contribution is 5.77. The molecule has 24 heavy (non-hydrogen) atoms. The number of carbonyl (C=O) groups excluding carboxylic acids is 2. The van der Waals surface area contributed by atoms with Crippen LogP contribution in [0.15, 0.2) is 54.6 Å². The van der Waals surface area contributed by atoms with Gasteiger partial charge in [0.2, 0.25) is 5.91 Å². The second-order valence-electron chi connectivity index (χ2n) is 5.41. The predicted molar refractivity (Wildman–Crippen MR) is 88.3 cm³/mol. The Kier molecular flexibility index (Phi) is 6.37. The zero-order valence-corrected chi connectivity index (χ0v) is 13.5. The van der Waals surface area contributed by atoms with Gasteiger partial charge in [0.25, 0.3) is 0 Å². The minimum atomic E-state index is -1.14. The van der Waals surface area contributed by atoms with E-state index in [9.17, 15) is 14.7 Å². The van der Waals surface area contributed by atoms with Crippen molar-refractivity contribution >= 4 is 11.9 Å². The smallest absolute Gasteiger partial charge is 0.220 e. The Morgan fingerprint density at radius 2 is 1.62 bits per heavy atom. The molecule has 0 aliphatic heterocycles. The number of rotatable bonds is 8. The Balaban J connectivity index is 2.14. The number of benzene rings is 2. The van der Waals surface area contributed by atoms with Crippen LogP contribution in [-0.2, 0) is 9.59 Å². The maximum absolute atomic E-state index is 12.2. The Morgan fingerprint density at radius 1 is 1.00 bits per heavy atom. The highest BCUT2D eigenvalue weighted by atomic mass is 16.5. The molecule has 1 amide bonds. The predicted octanol–water partition coefficient (Wildman–Crippen LogP) is 1.82. The molecule has 2 aromatic rings. The molecule has 5 heteroatoms. The van der Waals surface area contributed by atoms with Gasteiger partial charge in [0, 0.05) is 12.4 Å². The van der Waals surface area contributed by atoms with E-state index in [1.165, 1.54) is 0 Å². The number of amides is 1. The molecular weight excluding hydrogens is 306 g/mol. The molecule has 0 radical (unpaired) electrons. The van der Waals surface area contributed by atoms with E-state index < -0.39 is 5.97 Å². The number of carboxylic acids is 1. The summed E-state index contributed by atoms with van der Waals surface area (Å²) in [6.07, 6.45) is 0.289. The number of hydrogen-bond acceptors (Lipinski definition) is 4. The molecule has 0 spiro atoms. The van der Waals surface area contributed by atoms with Crippen molar-refractivity contribution in [2.75, 3.05) is 7.11 Å². The summed E-state index contributed by atoms with van der Waals surface area (Å²) in [4.78, 5) is 22.6. The van der Waals surface area contributed by atoms with E-state index in [2.05, 4.69) is 5.32 Å². The lowest BCUT2D eigenvalue weighted by Crippen LogP contribution is -2.29. The van der Waals surface area contributed by atoms with E-state index in [0.717, 1.165) is 16.9 Å². The van der Waals surface area contributed by atoms with E-state index >= 15 is 0 Å². The van der Waals surface area contributed by atoms with Crippen LogP contribution >= 0.6 is 0 Å². The first-order valence-electron chi connectivity index (χ1n) is 7.78. The van der Waals surface area contributed by atoms with Crippen LogP contribution < -0.4 is 15.2 Å². The van der Waals surface area contributed by atoms with E-state index in [1.807, 2.05) is 54.6 Å². The topological polar surface area (TPSA) is 78.5 Å². The molecule has 1 N–H and O–H groups in total. The molecule has 126 valence electrons. The molecule has 0 bridgehead atoms. The third-order valence-corrected chi connectivity index (χ3v) is 3.67. The Labute approximate surface area is 141 Å². The van der Waals surface area contributed by atoms with E-state index in [-0.39, 0.29) is 31.2 Å². The summed E-state index contributed by atoms with van der Waals surface area (Å²) >= 11 is 0. The van der Waals surface area contributed by atoms with Gasteiger partial charge in [-0.1, -0.05) is 42.5 Å². The van der Waals surface area contributed by atoms with Crippen LogP contribution in [0.2, 0.25) is 0 Å². The summed E-state index contributed by atoms with van der Waals surface area (Å²) < 4.78 is 5.16. The molecule has 2 aromatic carbocycles. The van der Waals surface area contributed by atoms with Crippen LogP contribution in [-0.4, -0.2) is 19.0 Å². The van der Waals surface area contributed by atoms with Crippen LogP contribution in [0.1, 0.15) is 36.4 Å². The second kappa shape index (κ2) is 8.72. The number of carbonyl (C=O) groups is 2. The molecule has 0 aliphatic rings. The molecule has 0 aromatic heterocycles. The molecule has 0 unspecified atom stereocenters. The van der Waals surface area contributed by atoms with Gasteiger partial charge in [-0.25, -0.2) is 0 Å². The molecule has 0 fully saturated rings. The Hall–Kier alpha value is -2.82. The number of hydrogen-bond donors (Lipinski definition) is 1. The highest BCUT2D eigenvalue weighted by Crippen LogP contribution is 2.24. The number of ether oxygens (including phenoxy) is 1. The standard InChI is InChI=1S/C19H21NO4/c1-24-16-12-10-15(11-13-16)19(14-6-3-2-4-7-14)20-17(21)8-5-9-18(22)23/h2-4,6-7,10-13,19H,5,8-9H2,1H3,(H,20,21)(H,22,23)/p-1/t19-/m0/s1. The summed E-state index contributed by atoms with van der Waals surface area (Å²) in [5, 5.41) is 13.4. The largest absolute Gasteiger partial charge is 0.550 e. The second-order valence-corrected chi connectivity index (χ2v) is 5.41. The van der Waals surface area contributed by atoms with Gasteiger partial charge in [-0.2, -0.15) is 0 Å². The highest BCUT2D eigenvalue weighted by Gasteiger charge is 2.16. The lowest BCUT2D eigenvalue weighted by atomic mass is 9.98. The number of nitrogens with one attached hydrogen (secondary N) is 1. The van der Waals surface area contributed by atoms with Crippen LogP contribution in [0.25, 0.3) is 0 Å². The monoisotopic (exact) mass is 326 g/mol. The van der Waals surface area contributed by atoms with Crippen molar-refractivity contribution in [3.05, 3.63) is 65.7 Å². The zero-order valence-electron chi connectivity index (χ0n) is 13.5. The third kappa shape index (κ3) is 5.12. The van der Waals surface area contributed by atoms with E-state index in [4.69, 9.17) is 4.74 Å². The first-order chi connectivity index (χ1) is 11.6. The van der Waals surface area contributed by atoms with Crippen LogP contribution in [0.5, 0.6) is 5.75 Å². The van der Waals surface area contributed by atoms with Crippen molar-refractivity contribution in [2.24, 2.45) is 0 Å². The quantitative estimate of drug-likeness (QED) is 0.802. The molecular formula is C19H20NO4-.